The molecule has 1 N–H and O–H groups in total. The molecule has 2 aromatic rings. The van der Waals surface area contributed by atoms with E-state index in [1.807, 2.05) is 0 Å². The van der Waals surface area contributed by atoms with Crippen LogP contribution >= 0.6 is 11.6 Å². The summed E-state index contributed by atoms with van der Waals surface area (Å²) >= 11 is 6.09. The fourth-order valence-corrected chi connectivity index (χ4v) is 5.25. The molecule has 0 spiro atoms. The van der Waals surface area contributed by atoms with Gasteiger partial charge >= 0.3 is 0 Å². The summed E-state index contributed by atoms with van der Waals surface area (Å²) in [6, 6.07) is 6.46. The lowest BCUT2D eigenvalue weighted by molar-refractivity contribution is 0.0932. The van der Waals surface area contributed by atoms with Gasteiger partial charge in [0.1, 0.15) is 5.76 Å². The van der Waals surface area contributed by atoms with Crippen LogP contribution in [0.4, 0.5) is 0 Å². The van der Waals surface area contributed by atoms with Gasteiger partial charge in [0.2, 0.25) is 10.0 Å². The standard InChI is InChI=1S/C18H22ClN3O4S/c1-12-9-16(21-26-12)18(23)20-10-14-5-4-8-22(11-14)27(24,25)17-7-3-6-15(19)13(17)2/h3,6-7,9,14H,4-5,8,10-11H2,1-2H3,(H,20,23)/t14-/m1/s1. The van der Waals surface area contributed by atoms with Crippen LogP contribution in [0.15, 0.2) is 33.7 Å². The molecule has 0 saturated carbocycles. The Labute approximate surface area is 163 Å². The minimum absolute atomic E-state index is 0.0324. The summed E-state index contributed by atoms with van der Waals surface area (Å²) < 4.78 is 32.4. The molecule has 1 saturated heterocycles. The third kappa shape index (κ3) is 4.34. The van der Waals surface area contributed by atoms with Crippen molar-refractivity contribution in [1.29, 1.82) is 0 Å². The highest BCUT2D eigenvalue weighted by Gasteiger charge is 2.31. The van der Waals surface area contributed by atoms with E-state index < -0.39 is 10.0 Å². The first kappa shape index (κ1) is 19.9. The first-order valence-corrected chi connectivity index (χ1v) is 10.6. The van der Waals surface area contributed by atoms with E-state index in [1.165, 1.54) is 4.31 Å². The number of carbonyl (C=O) groups excluding carboxylic acids is 1. The van der Waals surface area contributed by atoms with Crippen LogP contribution in [-0.2, 0) is 10.0 Å². The van der Waals surface area contributed by atoms with Crippen LogP contribution in [0.25, 0.3) is 0 Å². The molecule has 146 valence electrons. The number of aryl methyl sites for hydroxylation is 1. The molecule has 1 aromatic carbocycles. The smallest absolute Gasteiger partial charge is 0.273 e. The minimum Gasteiger partial charge on any atom is -0.361 e. The second-order valence-corrected chi connectivity index (χ2v) is 9.08. The Hall–Kier alpha value is -1.90. The third-order valence-corrected chi connectivity index (χ3v) is 7.15. The predicted molar refractivity (Wildman–Crippen MR) is 101 cm³/mol. The Bertz CT molecular complexity index is 942. The molecule has 27 heavy (non-hydrogen) atoms. The Morgan fingerprint density at radius 2 is 2.19 bits per heavy atom. The quantitative estimate of drug-likeness (QED) is 0.816. The topological polar surface area (TPSA) is 92.5 Å². The van der Waals surface area contributed by atoms with Crippen molar-refractivity contribution in [2.45, 2.75) is 31.6 Å². The molecule has 1 aliphatic rings. The fourth-order valence-electron chi connectivity index (χ4n) is 3.22. The van der Waals surface area contributed by atoms with Gasteiger partial charge in [-0.25, -0.2) is 8.42 Å². The summed E-state index contributed by atoms with van der Waals surface area (Å²) in [6.07, 6.45) is 1.58. The van der Waals surface area contributed by atoms with Crippen LogP contribution in [0.3, 0.4) is 0 Å². The lowest BCUT2D eigenvalue weighted by atomic mass is 10.00. The number of nitrogens with zero attached hydrogens (tertiary/aromatic N) is 2. The molecule has 0 unspecified atom stereocenters. The van der Waals surface area contributed by atoms with Crippen LogP contribution < -0.4 is 5.32 Å². The molecule has 7 nitrogen and oxygen atoms in total. The fraction of sp³-hybridized carbons (Fsp3) is 0.444. The van der Waals surface area contributed by atoms with E-state index in [-0.39, 0.29) is 22.4 Å². The van der Waals surface area contributed by atoms with Gasteiger partial charge in [-0.2, -0.15) is 4.31 Å². The second kappa shape index (κ2) is 8.00. The molecule has 1 aromatic heterocycles. The normalized spacial score (nSPS) is 18.4. The van der Waals surface area contributed by atoms with Gasteiger partial charge in [0.15, 0.2) is 5.69 Å². The van der Waals surface area contributed by atoms with Crippen molar-refractivity contribution in [2.24, 2.45) is 5.92 Å². The number of hydrogen-bond acceptors (Lipinski definition) is 5. The summed E-state index contributed by atoms with van der Waals surface area (Å²) in [7, 11) is -3.63. The number of hydrogen-bond donors (Lipinski definition) is 1. The van der Waals surface area contributed by atoms with E-state index in [2.05, 4.69) is 10.5 Å². The van der Waals surface area contributed by atoms with E-state index in [4.69, 9.17) is 16.1 Å². The average molecular weight is 412 g/mol. The molecule has 0 radical (unpaired) electrons. The van der Waals surface area contributed by atoms with Crippen molar-refractivity contribution in [3.05, 3.63) is 46.3 Å². The summed E-state index contributed by atoms with van der Waals surface area (Å²) in [5.74, 6) is 0.273. The van der Waals surface area contributed by atoms with Gasteiger partial charge in [-0.1, -0.05) is 22.8 Å². The van der Waals surface area contributed by atoms with Gasteiger partial charge in [-0.15, -0.1) is 0 Å². The van der Waals surface area contributed by atoms with Crippen molar-refractivity contribution in [1.82, 2.24) is 14.8 Å². The van der Waals surface area contributed by atoms with E-state index in [1.54, 1.807) is 38.1 Å². The van der Waals surface area contributed by atoms with E-state index in [0.29, 0.717) is 36.0 Å². The van der Waals surface area contributed by atoms with E-state index in [0.717, 1.165) is 12.8 Å². The summed E-state index contributed by atoms with van der Waals surface area (Å²) in [5.41, 5.74) is 0.776. The highest BCUT2D eigenvalue weighted by Crippen LogP contribution is 2.28. The molecular formula is C18H22ClN3O4S. The Morgan fingerprint density at radius 3 is 2.89 bits per heavy atom. The molecule has 0 aliphatic carbocycles. The van der Waals surface area contributed by atoms with Gasteiger partial charge in [-0.3, -0.25) is 4.79 Å². The SMILES string of the molecule is Cc1cc(C(=O)NC[C@H]2CCCN(S(=O)(=O)c3cccc(Cl)c3C)C2)no1. The van der Waals surface area contributed by atoms with Crippen LogP contribution in [0.1, 0.15) is 34.7 Å². The van der Waals surface area contributed by atoms with Crippen molar-refractivity contribution >= 4 is 27.5 Å². The van der Waals surface area contributed by atoms with Crippen LogP contribution in [0.2, 0.25) is 5.02 Å². The Kier molecular flexibility index (Phi) is 5.88. The molecule has 9 heteroatoms. The largest absolute Gasteiger partial charge is 0.361 e. The van der Waals surface area contributed by atoms with Crippen molar-refractivity contribution in [3.8, 4) is 0 Å². The number of amides is 1. The number of sulfonamides is 1. The summed E-state index contributed by atoms with van der Waals surface area (Å²) in [6.45, 7) is 4.61. The number of carbonyl (C=O) groups is 1. The predicted octanol–water partition coefficient (Wildman–Crippen LogP) is 2.78. The van der Waals surface area contributed by atoms with Crippen LogP contribution in [0, 0.1) is 19.8 Å². The first-order valence-electron chi connectivity index (χ1n) is 8.76. The highest BCUT2D eigenvalue weighted by molar-refractivity contribution is 7.89. The molecule has 1 atom stereocenters. The lowest BCUT2D eigenvalue weighted by Gasteiger charge is -2.32. The zero-order valence-electron chi connectivity index (χ0n) is 15.2. The van der Waals surface area contributed by atoms with Crippen molar-refractivity contribution < 1.29 is 17.7 Å². The number of piperidine rings is 1. The Morgan fingerprint density at radius 1 is 1.41 bits per heavy atom. The molecule has 2 heterocycles. The maximum absolute atomic E-state index is 13.0. The zero-order chi connectivity index (χ0) is 19.6. The average Bonchev–Trinajstić information content (AvgIpc) is 3.08. The van der Waals surface area contributed by atoms with Crippen LogP contribution in [-0.4, -0.2) is 43.4 Å². The van der Waals surface area contributed by atoms with E-state index in [9.17, 15) is 13.2 Å². The van der Waals surface area contributed by atoms with Gasteiger partial charge in [-0.05, 0) is 50.3 Å². The van der Waals surface area contributed by atoms with Gasteiger partial charge in [0.05, 0.1) is 4.90 Å². The number of aromatic nitrogens is 1. The highest BCUT2D eigenvalue weighted by atomic mass is 35.5. The molecule has 1 aliphatic heterocycles. The third-order valence-electron chi connectivity index (χ3n) is 4.73. The van der Waals surface area contributed by atoms with E-state index >= 15 is 0 Å². The first-order chi connectivity index (χ1) is 12.8. The maximum atomic E-state index is 13.0. The minimum atomic E-state index is -3.63. The maximum Gasteiger partial charge on any atom is 0.273 e. The van der Waals surface area contributed by atoms with Crippen LogP contribution in [0.5, 0.6) is 0 Å². The lowest BCUT2D eigenvalue weighted by Crippen LogP contribution is -2.43. The summed E-state index contributed by atoms with van der Waals surface area (Å²) in [4.78, 5) is 12.3. The Balaban J connectivity index is 1.66. The van der Waals surface area contributed by atoms with Gasteiger partial charge in [0.25, 0.3) is 5.91 Å². The second-order valence-electron chi connectivity index (χ2n) is 6.77. The molecule has 0 bridgehead atoms. The number of benzene rings is 1. The van der Waals surface area contributed by atoms with Gasteiger partial charge < -0.3 is 9.84 Å². The monoisotopic (exact) mass is 411 g/mol. The summed E-state index contributed by atoms with van der Waals surface area (Å²) in [5, 5.41) is 6.93. The number of nitrogens with one attached hydrogen (secondary N) is 1. The number of halogens is 1. The van der Waals surface area contributed by atoms with Crippen molar-refractivity contribution in [3.63, 3.8) is 0 Å². The van der Waals surface area contributed by atoms with Gasteiger partial charge in [0, 0.05) is 30.7 Å². The zero-order valence-corrected chi connectivity index (χ0v) is 16.8. The molecular weight excluding hydrogens is 390 g/mol. The molecule has 3 rings (SSSR count). The molecule has 1 amide bonds. The molecule has 1 fully saturated rings. The van der Waals surface area contributed by atoms with Crippen molar-refractivity contribution in [2.75, 3.05) is 19.6 Å². The number of rotatable bonds is 5.